The lowest BCUT2D eigenvalue weighted by molar-refractivity contribution is 0.174. The van der Waals surface area contributed by atoms with Crippen LogP contribution in [0.1, 0.15) is 30.0 Å². The highest BCUT2D eigenvalue weighted by molar-refractivity contribution is 5.27. The molecule has 2 aromatic rings. The maximum atomic E-state index is 9.73. The molecule has 0 bridgehead atoms. The summed E-state index contributed by atoms with van der Waals surface area (Å²) in [6, 6.07) is 12.9. The van der Waals surface area contributed by atoms with Crippen LogP contribution in [0.15, 0.2) is 42.6 Å². The van der Waals surface area contributed by atoms with Gasteiger partial charge in [-0.15, -0.1) is 0 Å². The number of nitrogens with zero attached hydrogens (tertiary/aromatic N) is 2. The number of pyridine rings is 1. The van der Waals surface area contributed by atoms with Crippen molar-refractivity contribution in [3.05, 3.63) is 59.3 Å². The second-order valence-electron chi connectivity index (χ2n) is 7.14. The van der Waals surface area contributed by atoms with Gasteiger partial charge in [0.2, 0.25) is 5.88 Å². The topological polar surface area (TPSA) is 57.6 Å². The summed E-state index contributed by atoms with van der Waals surface area (Å²) in [6.07, 6.45) is 3.52. The predicted octanol–water partition coefficient (Wildman–Crippen LogP) is 2.38. The fourth-order valence-corrected chi connectivity index (χ4v) is 3.44. The molecule has 1 aliphatic heterocycles. The van der Waals surface area contributed by atoms with E-state index in [9.17, 15) is 5.11 Å². The van der Waals surface area contributed by atoms with Gasteiger partial charge < -0.3 is 15.2 Å². The Morgan fingerprint density at radius 1 is 1.27 bits per heavy atom. The Bertz CT molecular complexity index is 690. The van der Waals surface area contributed by atoms with Gasteiger partial charge in [-0.25, -0.2) is 4.98 Å². The number of hydrogen-bond donors (Lipinski definition) is 2. The van der Waals surface area contributed by atoms with Gasteiger partial charge in [-0.05, 0) is 36.5 Å². The quantitative estimate of drug-likeness (QED) is 0.761. The standard InChI is InChI=1S/C21H29N3O2/c1-16(11-17-7-8-21(26-2)23-12-17)22-13-18-5-3-4-6-19(18)14-24-10-9-20(25)15-24/h3-8,12,16,20,22,25H,9-11,13-15H2,1-2H3. The summed E-state index contributed by atoms with van der Waals surface area (Å²) >= 11 is 0. The van der Waals surface area contributed by atoms with Gasteiger partial charge in [0.15, 0.2) is 0 Å². The maximum Gasteiger partial charge on any atom is 0.212 e. The molecule has 1 saturated heterocycles. The van der Waals surface area contributed by atoms with E-state index in [0.29, 0.717) is 11.9 Å². The van der Waals surface area contributed by atoms with Crippen molar-refractivity contribution in [1.82, 2.24) is 15.2 Å². The molecule has 3 rings (SSSR count). The molecule has 1 fully saturated rings. The summed E-state index contributed by atoms with van der Waals surface area (Å²) < 4.78 is 5.11. The van der Waals surface area contributed by atoms with Crippen LogP contribution in [0.2, 0.25) is 0 Å². The first-order valence-electron chi connectivity index (χ1n) is 9.33. The van der Waals surface area contributed by atoms with Crippen LogP contribution in [-0.4, -0.2) is 47.3 Å². The van der Waals surface area contributed by atoms with Crippen LogP contribution >= 0.6 is 0 Å². The van der Waals surface area contributed by atoms with E-state index in [4.69, 9.17) is 4.74 Å². The summed E-state index contributed by atoms with van der Waals surface area (Å²) in [5, 5.41) is 13.4. The smallest absolute Gasteiger partial charge is 0.212 e. The zero-order valence-corrected chi connectivity index (χ0v) is 15.7. The SMILES string of the molecule is COc1ccc(CC(C)NCc2ccccc2CN2CCC(O)C2)cn1. The minimum atomic E-state index is -0.168. The van der Waals surface area contributed by atoms with E-state index in [2.05, 4.69) is 52.5 Å². The molecule has 2 unspecified atom stereocenters. The third-order valence-corrected chi connectivity index (χ3v) is 4.95. The van der Waals surface area contributed by atoms with E-state index >= 15 is 0 Å². The van der Waals surface area contributed by atoms with Crippen molar-refractivity contribution < 1.29 is 9.84 Å². The lowest BCUT2D eigenvalue weighted by Crippen LogP contribution is -2.29. The van der Waals surface area contributed by atoms with Crippen LogP contribution in [-0.2, 0) is 19.5 Å². The van der Waals surface area contributed by atoms with Crippen molar-refractivity contribution in [3.8, 4) is 5.88 Å². The third-order valence-electron chi connectivity index (χ3n) is 4.95. The first-order chi connectivity index (χ1) is 12.6. The van der Waals surface area contributed by atoms with Crippen molar-refractivity contribution >= 4 is 0 Å². The number of aliphatic hydroxyl groups excluding tert-OH is 1. The van der Waals surface area contributed by atoms with Gasteiger partial charge in [-0.3, -0.25) is 4.90 Å². The Morgan fingerprint density at radius 3 is 2.73 bits per heavy atom. The lowest BCUT2D eigenvalue weighted by Gasteiger charge is -2.19. The number of methoxy groups -OCH3 is 1. The van der Waals surface area contributed by atoms with Gasteiger partial charge in [-0.1, -0.05) is 30.3 Å². The highest BCUT2D eigenvalue weighted by Gasteiger charge is 2.20. The van der Waals surface area contributed by atoms with Crippen LogP contribution in [0.25, 0.3) is 0 Å². The molecule has 140 valence electrons. The molecule has 26 heavy (non-hydrogen) atoms. The summed E-state index contributed by atoms with van der Waals surface area (Å²) in [4.78, 5) is 6.60. The van der Waals surface area contributed by atoms with Gasteiger partial charge in [0.25, 0.3) is 0 Å². The van der Waals surface area contributed by atoms with E-state index in [-0.39, 0.29) is 6.10 Å². The molecular weight excluding hydrogens is 326 g/mol. The summed E-state index contributed by atoms with van der Waals surface area (Å²) in [5.41, 5.74) is 3.87. The zero-order valence-electron chi connectivity index (χ0n) is 15.7. The average molecular weight is 355 g/mol. The zero-order chi connectivity index (χ0) is 18.4. The monoisotopic (exact) mass is 355 g/mol. The number of β-amino-alcohol motifs (C(OH)–C–C–N with tert-alkyl or cyclic N) is 1. The summed E-state index contributed by atoms with van der Waals surface area (Å²) in [5.74, 6) is 0.648. The van der Waals surface area contributed by atoms with E-state index in [1.165, 1.54) is 16.7 Å². The number of aliphatic hydroxyl groups is 1. The molecule has 1 aliphatic rings. The Kier molecular flexibility index (Phi) is 6.61. The van der Waals surface area contributed by atoms with E-state index < -0.39 is 0 Å². The van der Waals surface area contributed by atoms with Crippen molar-refractivity contribution in [1.29, 1.82) is 0 Å². The van der Waals surface area contributed by atoms with E-state index in [1.807, 2.05) is 12.3 Å². The number of rotatable bonds is 8. The first kappa shape index (κ1) is 18.8. The Hall–Kier alpha value is -1.95. The van der Waals surface area contributed by atoms with Crippen LogP contribution < -0.4 is 10.1 Å². The van der Waals surface area contributed by atoms with Crippen molar-refractivity contribution in [2.24, 2.45) is 0 Å². The minimum Gasteiger partial charge on any atom is -0.481 e. The molecule has 1 aromatic heterocycles. The predicted molar refractivity (Wildman–Crippen MR) is 103 cm³/mol. The van der Waals surface area contributed by atoms with Crippen LogP contribution in [0.5, 0.6) is 5.88 Å². The fraction of sp³-hybridized carbons (Fsp3) is 0.476. The number of likely N-dealkylation sites (tertiary alicyclic amines) is 1. The van der Waals surface area contributed by atoms with Gasteiger partial charge in [0, 0.05) is 44.5 Å². The van der Waals surface area contributed by atoms with Gasteiger partial charge in [0.1, 0.15) is 0 Å². The number of ether oxygens (including phenoxy) is 1. The molecule has 5 heteroatoms. The summed E-state index contributed by atoms with van der Waals surface area (Å²) in [6.45, 7) is 5.71. The van der Waals surface area contributed by atoms with Crippen LogP contribution in [0.3, 0.4) is 0 Å². The number of nitrogens with one attached hydrogen (secondary N) is 1. The maximum absolute atomic E-state index is 9.73. The van der Waals surface area contributed by atoms with E-state index in [0.717, 1.165) is 39.0 Å². The average Bonchev–Trinajstić information content (AvgIpc) is 3.06. The number of benzene rings is 1. The molecule has 0 aliphatic carbocycles. The molecule has 2 atom stereocenters. The van der Waals surface area contributed by atoms with Crippen molar-refractivity contribution in [2.75, 3.05) is 20.2 Å². The largest absolute Gasteiger partial charge is 0.481 e. The highest BCUT2D eigenvalue weighted by Crippen LogP contribution is 2.17. The molecule has 0 amide bonds. The van der Waals surface area contributed by atoms with E-state index in [1.54, 1.807) is 7.11 Å². The third kappa shape index (κ3) is 5.27. The van der Waals surface area contributed by atoms with Gasteiger partial charge >= 0.3 is 0 Å². The Morgan fingerprint density at radius 2 is 2.08 bits per heavy atom. The Balaban J connectivity index is 1.53. The van der Waals surface area contributed by atoms with Gasteiger partial charge in [0.05, 0.1) is 13.2 Å². The minimum absolute atomic E-state index is 0.168. The van der Waals surface area contributed by atoms with Crippen LogP contribution in [0, 0.1) is 0 Å². The molecule has 1 aromatic carbocycles. The molecular formula is C21H29N3O2. The number of aromatic nitrogens is 1. The fourth-order valence-electron chi connectivity index (χ4n) is 3.44. The summed E-state index contributed by atoms with van der Waals surface area (Å²) in [7, 11) is 1.63. The lowest BCUT2D eigenvalue weighted by atomic mass is 10.1. The normalized spacial score (nSPS) is 18.8. The second kappa shape index (κ2) is 9.12. The van der Waals surface area contributed by atoms with Crippen molar-refractivity contribution in [2.45, 2.75) is 45.0 Å². The number of hydrogen-bond acceptors (Lipinski definition) is 5. The van der Waals surface area contributed by atoms with Crippen LogP contribution in [0.4, 0.5) is 0 Å². The van der Waals surface area contributed by atoms with Gasteiger partial charge in [-0.2, -0.15) is 0 Å². The highest BCUT2D eigenvalue weighted by atomic mass is 16.5. The molecule has 0 saturated carbocycles. The second-order valence-corrected chi connectivity index (χ2v) is 7.14. The van der Waals surface area contributed by atoms with Crippen molar-refractivity contribution in [3.63, 3.8) is 0 Å². The molecule has 5 nitrogen and oxygen atoms in total. The Labute approximate surface area is 156 Å². The molecule has 2 N–H and O–H groups in total. The molecule has 2 heterocycles. The first-order valence-corrected chi connectivity index (χ1v) is 9.33. The molecule has 0 spiro atoms. The molecule has 0 radical (unpaired) electrons.